The summed E-state index contributed by atoms with van der Waals surface area (Å²) in [6.07, 6.45) is 5.83. The lowest BCUT2D eigenvalue weighted by atomic mass is 9.85. The van der Waals surface area contributed by atoms with Crippen LogP contribution in [0, 0.1) is 17.2 Å². The first-order chi connectivity index (χ1) is 6.90. The van der Waals surface area contributed by atoms with Crippen molar-refractivity contribution >= 4 is 0 Å². The summed E-state index contributed by atoms with van der Waals surface area (Å²) in [4.78, 5) is 0. The van der Waals surface area contributed by atoms with Crippen LogP contribution < -0.4 is 5.32 Å². The Balaban J connectivity index is 1.84. The minimum atomic E-state index is 0.226. The van der Waals surface area contributed by atoms with Gasteiger partial charge in [-0.3, -0.25) is 0 Å². The number of nitrogens with zero attached hydrogens (tertiary/aromatic N) is 1. The van der Waals surface area contributed by atoms with Gasteiger partial charge in [0.05, 0.1) is 18.6 Å². The van der Waals surface area contributed by atoms with Gasteiger partial charge in [-0.2, -0.15) is 5.26 Å². The van der Waals surface area contributed by atoms with E-state index < -0.39 is 0 Å². The van der Waals surface area contributed by atoms with Gasteiger partial charge in [-0.15, -0.1) is 0 Å². The number of hydrogen-bond acceptors (Lipinski definition) is 3. The standard InChI is InChI=1S/C11H18N2O/c12-7-9-3-1-2-4-11(9)13-10-5-6-14-8-10/h9-11,13H,1-6,8H2. The minimum absolute atomic E-state index is 0.226. The quantitative estimate of drug-likeness (QED) is 0.723. The topological polar surface area (TPSA) is 45.0 Å². The minimum Gasteiger partial charge on any atom is -0.380 e. The van der Waals surface area contributed by atoms with Gasteiger partial charge in [-0.25, -0.2) is 0 Å². The highest BCUT2D eigenvalue weighted by molar-refractivity contribution is 4.96. The van der Waals surface area contributed by atoms with Crippen molar-refractivity contribution in [2.24, 2.45) is 5.92 Å². The zero-order chi connectivity index (χ0) is 9.80. The molecule has 1 N–H and O–H groups in total. The van der Waals surface area contributed by atoms with Gasteiger partial charge < -0.3 is 10.1 Å². The first-order valence-corrected chi connectivity index (χ1v) is 5.63. The summed E-state index contributed by atoms with van der Waals surface area (Å²) in [7, 11) is 0. The number of ether oxygens (including phenoxy) is 1. The van der Waals surface area contributed by atoms with Crippen LogP contribution in [0.1, 0.15) is 32.1 Å². The zero-order valence-corrected chi connectivity index (χ0v) is 8.54. The van der Waals surface area contributed by atoms with E-state index in [2.05, 4.69) is 11.4 Å². The molecule has 3 heteroatoms. The normalized spacial score (nSPS) is 38.1. The monoisotopic (exact) mass is 194 g/mol. The van der Waals surface area contributed by atoms with Crippen molar-refractivity contribution in [3.05, 3.63) is 0 Å². The molecule has 2 rings (SSSR count). The maximum atomic E-state index is 9.01. The van der Waals surface area contributed by atoms with Crippen LogP contribution in [-0.2, 0) is 4.74 Å². The smallest absolute Gasteiger partial charge is 0.0672 e. The Hall–Kier alpha value is -0.590. The van der Waals surface area contributed by atoms with E-state index in [4.69, 9.17) is 10.00 Å². The van der Waals surface area contributed by atoms with E-state index in [9.17, 15) is 0 Å². The molecule has 2 aliphatic rings. The molecule has 3 unspecified atom stereocenters. The molecule has 0 aromatic rings. The van der Waals surface area contributed by atoms with Crippen molar-refractivity contribution in [1.29, 1.82) is 5.26 Å². The average molecular weight is 194 g/mol. The molecule has 0 spiro atoms. The largest absolute Gasteiger partial charge is 0.380 e. The molecule has 78 valence electrons. The number of rotatable bonds is 2. The Morgan fingerprint density at radius 2 is 2.07 bits per heavy atom. The van der Waals surface area contributed by atoms with Gasteiger partial charge in [-0.05, 0) is 19.3 Å². The Labute approximate surface area is 85.4 Å². The average Bonchev–Trinajstić information content (AvgIpc) is 2.71. The van der Waals surface area contributed by atoms with E-state index in [1.54, 1.807) is 0 Å². The molecule has 1 saturated carbocycles. The molecule has 0 aromatic carbocycles. The lowest BCUT2D eigenvalue weighted by molar-refractivity contribution is 0.183. The second kappa shape index (κ2) is 4.77. The van der Waals surface area contributed by atoms with Gasteiger partial charge in [0.2, 0.25) is 0 Å². The number of nitriles is 1. The van der Waals surface area contributed by atoms with Gasteiger partial charge in [0.1, 0.15) is 0 Å². The van der Waals surface area contributed by atoms with Crippen molar-refractivity contribution in [2.75, 3.05) is 13.2 Å². The molecule has 0 amide bonds. The molecule has 14 heavy (non-hydrogen) atoms. The first-order valence-electron chi connectivity index (χ1n) is 5.63. The fourth-order valence-corrected chi connectivity index (χ4v) is 2.45. The predicted molar refractivity (Wildman–Crippen MR) is 53.7 cm³/mol. The summed E-state index contributed by atoms with van der Waals surface area (Å²) in [5.41, 5.74) is 0. The van der Waals surface area contributed by atoms with Crippen LogP contribution in [0.2, 0.25) is 0 Å². The van der Waals surface area contributed by atoms with Crippen LogP contribution >= 0.6 is 0 Å². The van der Waals surface area contributed by atoms with Crippen molar-refractivity contribution < 1.29 is 4.74 Å². The third kappa shape index (κ3) is 2.26. The van der Waals surface area contributed by atoms with Crippen molar-refractivity contribution in [3.63, 3.8) is 0 Å². The molecular formula is C11H18N2O. The van der Waals surface area contributed by atoms with Gasteiger partial charge in [-0.1, -0.05) is 12.8 Å². The summed E-state index contributed by atoms with van der Waals surface area (Å²) in [6.45, 7) is 1.70. The predicted octanol–water partition coefficient (Wildman–Crippen LogP) is 1.45. The summed E-state index contributed by atoms with van der Waals surface area (Å²) < 4.78 is 5.32. The highest BCUT2D eigenvalue weighted by Crippen LogP contribution is 2.24. The molecule has 0 bridgehead atoms. The van der Waals surface area contributed by atoms with E-state index >= 15 is 0 Å². The van der Waals surface area contributed by atoms with E-state index in [1.165, 1.54) is 12.8 Å². The maximum absolute atomic E-state index is 9.01. The van der Waals surface area contributed by atoms with E-state index in [-0.39, 0.29) is 5.92 Å². The van der Waals surface area contributed by atoms with E-state index in [0.29, 0.717) is 12.1 Å². The second-order valence-corrected chi connectivity index (χ2v) is 4.35. The highest BCUT2D eigenvalue weighted by atomic mass is 16.5. The fraction of sp³-hybridized carbons (Fsp3) is 0.909. The highest BCUT2D eigenvalue weighted by Gasteiger charge is 2.28. The van der Waals surface area contributed by atoms with Gasteiger partial charge in [0.15, 0.2) is 0 Å². The maximum Gasteiger partial charge on any atom is 0.0672 e. The molecule has 1 heterocycles. The van der Waals surface area contributed by atoms with Crippen molar-refractivity contribution in [1.82, 2.24) is 5.32 Å². The number of nitrogens with one attached hydrogen (secondary N) is 1. The lowest BCUT2D eigenvalue weighted by Gasteiger charge is -2.29. The van der Waals surface area contributed by atoms with Crippen LogP contribution in [0.4, 0.5) is 0 Å². The molecule has 2 fully saturated rings. The molecule has 0 radical (unpaired) electrons. The Morgan fingerprint density at radius 3 is 2.79 bits per heavy atom. The summed E-state index contributed by atoms with van der Waals surface area (Å²) >= 11 is 0. The van der Waals surface area contributed by atoms with Crippen LogP contribution in [0.3, 0.4) is 0 Å². The molecular weight excluding hydrogens is 176 g/mol. The van der Waals surface area contributed by atoms with Crippen LogP contribution in [0.5, 0.6) is 0 Å². The van der Waals surface area contributed by atoms with Gasteiger partial charge >= 0.3 is 0 Å². The fourth-order valence-electron chi connectivity index (χ4n) is 2.45. The van der Waals surface area contributed by atoms with E-state index in [1.807, 2.05) is 0 Å². The van der Waals surface area contributed by atoms with E-state index in [0.717, 1.165) is 32.5 Å². The van der Waals surface area contributed by atoms with Gasteiger partial charge in [0, 0.05) is 18.7 Å². The van der Waals surface area contributed by atoms with Crippen LogP contribution in [0.25, 0.3) is 0 Å². The Bertz CT molecular complexity index is 218. The summed E-state index contributed by atoms with van der Waals surface area (Å²) in [6, 6.07) is 3.34. The lowest BCUT2D eigenvalue weighted by Crippen LogP contribution is -2.44. The Morgan fingerprint density at radius 1 is 1.21 bits per heavy atom. The van der Waals surface area contributed by atoms with Crippen LogP contribution in [-0.4, -0.2) is 25.3 Å². The number of hydrogen-bond donors (Lipinski definition) is 1. The third-order valence-corrected chi connectivity index (χ3v) is 3.31. The summed E-state index contributed by atoms with van der Waals surface area (Å²) in [5.74, 6) is 0.226. The first kappa shape index (κ1) is 9.95. The molecule has 1 saturated heterocycles. The molecule has 3 atom stereocenters. The second-order valence-electron chi connectivity index (χ2n) is 4.35. The summed E-state index contributed by atoms with van der Waals surface area (Å²) in [5, 5.41) is 12.6. The third-order valence-electron chi connectivity index (χ3n) is 3.31. The van der Waals surface area contributed by atoms with Crippen LogP contribution in [0.15, 0.2) is 0 Å². The van der Waals surface area contributed by atoms with Crippen molar-refractivity contribution in [3.8, 4) is 6.07 Å². The Kier molecular flexibility index (Phi) is 3.39. The van der Waals surface area contributed by atoms with Gasteiger partial charge in [0.25, 0.3) is 0 Å². The molecule has 1 aliphatic heterocycles. The SMILES string of the molecule is N#CC1CCCCC1NC1CCOC1. The molecule has 1 aliphatic carbocycles. The van der Waals surface area contributed by atoms with Crippen molar-refractivity contribution in [2.45, 2.75) is 44.2 Å². The molecule has 3 nitrogen and oxygen atoms in total. The zero-order valence-electron chi connectivity index (χ0n) is 8.54. The molecule has 0 aromatic heterocycles.